The highest BCUT2D eigenvalue weighted by atomic mass is 16.5. The lowest BCUT2D eigenvalue weighted by molar-refractivity contribution is -0.122. The first kappa shape index (κ1) is 25.5. The Hall–Kier alpha value is -3.59. The van der Waals surface area contributed by atoms with Gasteiger partial charge in [0.15, 0.2) is 5.78 Å². The number of methoxy groups -OCH3 is 2. The fourth-order valence-corrected chi connectivity index (χ4v) is 5.09. The summed E-state index contributed by atoms with van der Waals surface area (Å²) in [6, 6.07) is 11.1. The van der Waals surface area contributed by atoms with Crippen molar-refractivity contribution in [2.45, 2.75) is 38.9 Å². The van der Waals surface area contributed by atoms with Crippen molar-refractivity contribution in [3.05, 3.63) is 53.1 Å². The monoisotopic (exact) mass is 494 g/mol. The number of ether oxygens (including phenoxy) is 2. The average molecular weight is 495 g/mol. The molecule has 2 N–H and O–H groups in total. The van der Waals surface area contributed by atoms with E-state index in [1.807, 2.05) is 36.4 Å². The van der Waals surface area contributed by atoms with E-state index in [2.05, 4.69) is 9.80 Å². The number of hydrogen-bond acceptors (Lipinski definition) is 7. The molecule has 1 saturated heterocycles. The molecule has 1 atom stereocenters. The Balaban J connectivity index is 1.42. The summed E-state index contributed by atoms with van der Waals surface area (Å²) in [5, 5.41) is 0. The van der Waals surface area contributed by atoms with E-state index in [0.29, 0.717) is 12.1 Å². The van der Waals surface area contributed by atoms with Crippen molar-refractivity contribution < 1.29 is 23.9 Å². The number of primary amides is 1. The van der Waals surface area contributed by atoms with Crippen LogP contribution in [0, 0.1) is 0 Å². The average Bonchev–Trinajstić information content (AvgIpc) is 3.19. The van der Waals surface area contributed by atoms with Gasteiger partial charge < -0.3 is 25.0 Å². The molecule has 2 aliphatic heterocycles. The van der Waals surface area contributed by atoms with Crippen molar-refractivity contribution in [2.75, 3.05) is 45.3 Å². The maximum absolute atomic E-state index is 13.2. The van der Waals surface area contributed by atoms with Crippen LogP contribution in [-0.2, 0) is 22.7 Å². The van der Waals surface area contributed by atoms with Gasteiger partial charge in [0, 0.05) is 56.9 Å². The van der Waals surface area contributed by atoms with Crippen molar-refractivity contribution in [3.8, 4) is 11.5 Å². The Morgan fingerprint density at radius 2 is 1.69 bits per heavy atom. The lowest BCUT2D eigenvalue weighted by atomic mass is 10.1. The van der Waals surface area contributed by atoms with Crippen LogP contribution in [0.4, 0.5) is 5.69 Å². The fraction of sp³-hybridized carbons (Fsp3) is 0.444. The summed E-state index contributed by atoms with van der Waals surface area (Å²) in [6.45, 7) is 5.91. The number of nitrogens with zero attached hydrogens (tertiary/aromatic N) is 3. The predicted molar refractivity (Wildman–Crippen MR) is 136 cm³/mol. The number of carbonyl (C=O) groups excluding carboxylic acids is 3. The van der Waals surface area contributed by atoms with E-state index in [1.54, 1.807) is 19.1 Å². The molecule has 0 radical (unpaired) electrons. The number of rotatable bonds is 10. The van der Waals surface area contributed by atoms with Crippen molar-refractivity contribution in [2.24, 2.45) is 5.73 Å². The Morgan fingerprint density at radius 3 is 2.28 bits per heavy atom. The van der Waals surface area contributed by atoms with Crippen LogP contribution >= 0.6 is 0 Å². The molecule has 4 rings (SSSR count). The minimum absolute atomic E-state index is 0.0701. The molecule has 1 fully saturated rings. The largest absolute Gasteiger partial charge is 0.496 e. The summed E-state index contributed by atoms with van der Waals surface area (Å²) in [6.07, 6.45) is 0.316. The van der Waals surface area contributed by atoms with Gasteiger partial charge in [-0.15, -0.1) is 0 Å². The van der Waals surface area contributed by atoms with Crippen molar-refractivity contribution >= 4 is 23.3 Å². The molecule has 2 aliphatic rings. The van der Waals surface area contributed by atoms with Crippen molar-refractivity contribution in [3.63, 3.8) is 0 Å². The molecule has 2 heterocycles. The second-order valence-electron chi connectivity index (χ2n) is 9.31. The number of hydrogen-bond donors (Lipinski definition) is 1. The zero-order valence-electron chi connectivity index (χ0n) is 21.2. The van der Waals surface area contributed by atoms with Crippen molar-refractivity contribution in [1.29, 1.82) is 0 Å². The van der Waals surface area contributed by atoms with Gasteiger partial charge in [0.05, 0.1) is 25.8 Å². The third-order valence-corrected chi connectivity index (χ3v) is 7.08. The third-order valence-electron chi connectivity index (χ3n) is 7.08. The lowest BCUT2D eigenvalue weighted by Crippen LogP contribution is -2.46. The molecule has 0 aromatic heterocycles. The lowest BCUT2D eigenvalue weighted by Gasteiger charge is -2.36. The Labute approximate surface area is 211 Å². The van der Waals surface area contributed by atoms with Gasteiger partial charge in [-0.25, -0.2) is 0 Å². The third kappa shape index (κ3) is 5.31. The summed E-state index contributed by atoms with van der Waals surface area (Å²) in [5.41, 5.74) is 8.82. The molecule has 2 aromatic rings. The second kappa shape index (κ2) is 11.0. The van der Waals surface area contributed by atoms with E-state index < -0.39 is 11.9 Å². The van der Waals surface area contributed by atoms with E-state index in [-0.39, 0.29) is 24.5 Å². The quantitative estimate of drug-likeness (QED) is 0.540. The number of carbonyl (C=O) groups is 3. The first-order valence-corrected chi connectivity index (χ1v) is 12.2. The number of anilines is 1. The number of amides is 2. The topological polar surface area (TPSA) is 105 Å². The van der Waals surface area contributed by atoms with Crippen LogP contribution in [0.1, 0.15) is 41.3 Å². The predicted octanol–water partition coefficient (Wildman–Crippen LogP) is 2.20. The SMILES string of the molecule is COc1cccc(OC)c1CN1CCN(c2ccc3c(c2)C(=O)N(C(CCC(N)=O)C(C)=O)C3)CC1. The fourth-order valence-electron chi connectivity index (χ4n) is 5.09. The number of nitrogens with two attached hydrogens (primary N) is 1. The van der Waals surface area contributed by atoms with Crippen LogP contribution in [0.25, 0.3) is 0 Å². The number of fused-ring (bicyclic) bond motifs is 1. The van der Waals surface area contributed by atoms with E-state index in [9.17, 15) is 14.4 Å². The van der Waals surface area contributed by atoms with Gasteiger partial charge in [-0.3, -0.25) is 19.3 Å². The van der Waals surface area contributed by atoms with Crippen LogP contribution in [0.2, 0.25) is 0 Å². The number of benzene rings is 2. The molecular formula is C27H34N4O5. The molecule has 192 valence electrons. The highest BCUT2D eigenvalue weighted by Crippen LogP contribution is 2.32. The van der Waals surface area contributed by atoms with E-state index >= 15 is 0 Å². The first-order valence-electron chi connectivity index (χ1n) is 12.2. The number of Topliss-reactive ketones (excluding diaryl/α,β-unsaturated/α-hetero) is 1. The first-order chi connectivity index (χ1) is 17.3. The molecule has 1 unspecified atom stereocenters. The van der Waals surface area contributed by atoms with Gasteiger partial charge in [0.2, 0.25) is 5.91 Å². The zero-order chi connectivity index (χ0) is 25.8. The van der Waals surface area contributed by atoms with Crippen LogP contribution in [0.3, 0.4) is 0 Å². The minimum Gasteiger partial charge on any atom is -0.496 e. The van der Waals surface area contributed by atoms with E-state index in [4.69, 9.17) is 15.2 Å². The normalized spacial score (nSPS) is 16.6. The Morgan fingerprint density at radius 1 is 1.03 bits per heavy atom. The molecular weight excluding hydrogens is 460 g/mol. The Kier molecular flexibility index (Phi) is 7.79. The molecule has 36 heavy (non-hydrogen) atoms. The van der Waals surface area contributed by atoms with Gasteiger partial charge in [-0.2, -0.15) is 0 Å². The van der Waals surface area contributed by atoms with Crippen LogP contribution in [0.15, 0.2) is 36.4 Å². The van der Waals surface area contributed by atoms with Gasteiger partial charge in [-0.1, -0.05) is 12.1 Å². The highest BCUT2D eigenvalue weighted by molar-refractivity contribution is 6.02. The summed E-state index contributed by atoms with van der Waals surface area (Å²) >= 11 is 0. The molecule has 0 aliphatic carbocycles. The van der Waals surface area contributed by atoms with Gasteiger partial charge in [-0.05, 0) is 43.2 Å². The second-order valence-corrected chi connectivity index (χ2v) is 9.31. The van der Waals surface area contributed by atoms with Crippen LogP contribution < -0.4 is 20.1 Å². The Bertz CT molecular complexity index is 1120. The van der Waals surface area contributed by atoms with Gasteiger partial charge >= 0.3 is 0 Å². The smallest absolute Gasteiger partial charge is 0.255 e. The molecule has 0 bridgehead atoms. The maximum atomic E-state index is 13.2. The van der Waals surface area contributed by atoms with E-state index in [1.165, 1.54) is 6.92 Å². The zero-order valence-corrected chi connectivity index (χ0v) is 21.2. The minimum atomic E-state index is -0.642. The molecule has 2 amide bonds. The van der Waals surface area contributed by atoms with Gasteiger partial charge in [0.1, 0.15) is 11.5 Å². The number of ketones is 1. The standard InChI is InChI=1S/C27H34N4O5/c1-18(32)23(9-10-26(28)33)31-16-19-7-8-20(15-21(19)27(31)34)30-13-11-29(12-14-30)17-22-24(35-2)5-4-6-25(22)36-3/h4-8,15,23H,9-14,16-17H2,1-3H3,(H2,28,33). The molecule has 9 heteroatoms. The summed E-state index contributed by atoms with van der Waals surface area (Å²) in [7, 11) is 3.34. The molecule has 0 spiro atoms. The maximum Gasteiger partial charge on any atom is 0.255 e. The number of piperazine rings is 1. The molecule has 9 nitrogen and oxygen atoms in total. The van der Waals surface area contributed by atoms with Crippen LogP contribution in [0.5, 0.6) is 11.5 Å². The summed E-state index contributed by atoms with van der Waals surface area (Å²) < 4.78 is 11.1. The van der Waals surface area contributed by atoms with Crippen LogP contribution in [-0.4, -0.2) is 73.8 Å². The highest BCUT2D eigenvalue weighted by Gasteiger charge is 2.35. The van der Waals surface area contributed by atoms with E-state index in [0.717, 1.165) is 61.0 Å². The van der Waals surface area contributed by atoms with Gasteiger partial charge in [0.25, 0.3) is 5.91 Å². The summed E-state index contributed by atoms with van der Waals surface area (Å²) in [4.78, 5) is 42.9. The molecule has 0 saturated carbocycles. The van der Waals surface area contributed by atoms with Crippen molar-refractivity contribution in [1.82, 2.24) is 9.80 Å². The summed E-state index contributed by atoms with van der Waals surface area (Å²) in [5.74, 6) is 0.853. The molecule has 2 aromatic carbocycles.